The minimum absolute atomic E-state index is 0.162. The van der Waals surface area contributed by atoms with Gasteiger partial charge in [-0.05, 0) is 50.3 Å². The number of hydrogen-bond acceptors (Lipinski definition) is 6. The summed E-state index contributed by atoms with van der Waals surface area (Å²) in [6, 6.07) is 8.68. The first kappa shape index (κ1) is 18.7. The molecule has 0 radical (unpaired) electrons. The summed E-state index contributed by atoms with van der Waals surface area (Å²) in [6.07, 6.45) is 6.34. The highest BCUT2D eigenvalue weighted by Gasteiger charge is 2.18. The minimum atomic E-state index is -0.162. The summed E-state index contributed by atoms with van der Waals surface area (Å²) < 4.78 is 0. The van der Waals surface area contributed by atoms with Crippen molar-refractivity contribution in [2.24, 2.45) is 0 Å². The van der Waals surface area contributed by atoms with Gasteiger partial charge in [-0.1, -0.05) is 12.1 Å². The van der Waals surface area contributed by atoms with Crippen LogP contribution in [0.1, 0.15) is 40.2 Å². The number of nitrogens with zero attached hydrogens (tertiary/aromatic N) is 3. The highest BCUT2D eigenvalue weighted by Crippen LogP contribution is 2.30. The number of aromatic nitrogens is 2. The Kier molecular flexibility index (Phi) is 5.43. The number of nitrogens with one attached hydrogen (secondary N) is 1. The van der Waals surface area contributed by atoms with Crippen molar-refractivity contribution in [3.63, 3.8) is 0 Å². The van der Waals surface area contributed by atoms with E-state index in [-0.39, 0.29) is 5.91 Å². The zero-order chi connectivity index (χ0) is 19.5. The number of benzene rings is 1. The summed E-state index contributed by atoms with van der Waals surface area (Å²) in [5.41, 5.74) is 10.4. The van der Waals surface area contributed by atoms with Crippen molar-refractivity contribution < 1.29 is 4.79 Å². The van der Waals surface area contributed by atoms with E-state index in [1.807, 2.05) is 6.92 Å². The second kappa shape index (κ2) is 8.14. The monoisotopic (exact) mass is 395 g/mol. The van der Waals surface area contributed by atoms with E-state index in [9.17, 15) is 4.79 Å². The number of rotatable bonds is 5. The van der Waals surface area contributed by atoms with Gasteiger partial charge >= 0.3 is 0 Å². The number of nitrogens with two attached hydrogens (primary N) is 1. The SMILES string of the molecule is Cc1cnc2c(N)c(C(=O)NCCc3ccc(N4CCCCC4)cc3)sc2n1. The molecule has 1 aliphatic heterocycles. The average molecular weight is 396 g/mol. The van der Waals surface area contributed by atoms with Crippen molar-refractivity contribution in [3.8, 4) is 0 Å². The summed E-state index contributed by atoms with van der Waals surface area (Å²) in [5, 5.41) is 2.97. The van der Waals surface area contributed by atoms with E-state index in [4.69, 9.17) is 5.73 Å². The third-order valence-electron chi connectivity index (χ3n) is 5.12. The fourth-order valence-electron chi connectivity index (χ4n) is 3.57. The van der Waals surface area contributed by atoms with Crippen molar-refractivity contribution in [1.82, 2.24) is 15.3 Å². The van der Waals surface area contributed by atoms with Crippen LogP contribution in [0.25, 0.3) is 10.3 Å². The molecule has 6 nitrogen and oxygen atoms in total. The molecule has 146 valence electrons. The number of carbonyl (C=O) groups excluding carboxylic acids is 1. The first-order valence-electron chi connectivity index (χ1n) is 9.75. The normalized spacial score (nSPS) is 14.4. The molecule has 0 atom stereocenters. The zero-order valence-corrected chi connectivity index (χ0v) is 16.9. The smallest absolute Gasteiger partial charge is 0.263 e. The Morgan fingerprint density at radius 1 is 1.21 bits per heavy atom. The maximum absolute atomic E-state index is 12.5. The highest BCUT2D eigenvalue weighted by atomic mass is 32.1. The largest absolute Gasteiger partial charge is 0.396 e. The van der Waals surface area contributed by atoms with E-state index in [0.717, 1.165) is 25.2 Å². The minimum Gasteiger partial charge on any atom is -0.396 e. The van der Waals surface area contributed by atoms with E-state index in [0.29, 0.717) is 27.5 Å². The molecule has 7 heteroatoms. The molecule has 4 rings (SSSR count). The number of nitrogen functional groups attached to an aromatic ring is 1. The van der Waals surface area contributed by atoms with Crippen LogP contribution in [0.4, 0.5) is 11.4 Å². The molecule has 0 unspecified atom stereocenters. The summed E-state index contributed by atoms with van der Waals surface area (Å²) in [5.74, 6) is -0.162. The number of thiophene rings is 1. The van der Waals surface area contributed by atoms with Crippen LogP contribution < -0.4 is 16.0 Å². The number of fused-ring (bicyclic) bond motifs is 1. The Hall–Kier alpha value is -2.67. The molecule has 3 aromatic rings. The van der Waals surface area contributed by atoms with Gasteiger partial charge in [-0.3, -0.25) is 4.79 Å². The first-order chi connectivity index (χ1) is 13.6. The molecule has 0 bridgehead atoms. The number of aryl methyl sites for hydroxylation is 1. The van der Waals surface area contributed by atoms with Crippen LogP contribution in [0, 0.1) is 6.92 Å². The summed E-state index contributed by atoms with van der Waals surface area (Å²) in [7, 11) is 0. The predicted octanol–water partition coefficient (Wildman–Crippen LogP) is 3.54. The van der Waals surface area contributed by atoms with Crippen LogP contribution in [-0.2, 0) is 6.42 Å². The van der Waals surface area contributed by atoms with E-state index in [2.05, 4.69) is 44.5 Å². The standard InChI is InChI=1S/C21H25N5OS/c1-14-13-24-18-17(22)19(28-21(18)25-14)20(27)23-10-9-15-5-7-16(8-6-15)26-11-3-2-4-12-26/h5-8,13H,2-4,9-12,22H2,1H3,(H,23,27). The molecule has 3 heterocycles. The molecule has 0 saturated carbocycles. The van der Waals surface area contributed by atoms with Gasteiger partial charge in [0, 0.05) is 31.5 Å². The van der Waals surface area contributed by atoms with Gasteiger partial charge in [0.25, 0.3) is 5.91 Å². The zero-order valence-electron chi connectivity index (χ0n) is 16.1. The Labute approximate surface area is 168 Å². The Morgan fingerprint density at radius 3 is 2.71 bits per heavy atom. The van der Waals surface area contributed by atoms with Crippen LogP contribution >= 0.6 is 11.3 Å². The second-order valence-corrected chi connectivity index (χ2v) is 8.23. The molecule has 1 fully saturated rings. The van der Waals surface area contributed by atoms with Crippen molar-refractivity contribution in [3.05, 3.63) is 46.6 Å². The lowest BCUT2D eigenvalue weighted by Crippen LogP contribution is -2.29. The topological polar surface area (TPSA) is 84.1 Å². The molecule has 1 saturated heterocycles. The quantitative estimate of drug-likeness (QED) is 0.690. The molecule has 2 aromatic heterocycles. The van der Waals surface area contributed by atoms with Crippen LogP contribution in [0.2, 0.25) is 0 Å². The fraction of sp³-hybridized carbons (Fsp3) is 0.381. The number of amides is 1. The molecule has 0 aliphatic carbocycles. The molecule has 3 N–H and O–H groups in total. The first-order valence-corrected chi connectivity index (χ1v) is 10.6. The Balaban J connectivity index is 1.34. The maximum atomic E-state index is 12.5. The van der Waals surface area contributed by atoms with E-state index in [1.54, 1.807) is 6.20 Å². The second-order valence-electron chi connectivity index (χ2n) is 7.23. The van der Waals surface area contributed by atoms with Crippen LogP contribution in [-0.4, -0.2) is 35.5 Å². The number of hydrogen-bond donors (Lipinski definition) is 2. The maximum Gasteiger partial charge on any atom is 0.263 e. The van der Waals surface area contributed by atoms with Gasteiger partial charge in [0.1, 0.15) is 15.2 Å². The van der Waals surface area contributed by atoms with Gasteiger partial charge in [-0.2, -0.15) is 0 Å². The molecule has 28 heavy (non-hydrogen) atoms. The lowest BCUT2D eigenvalue weighted by Gasteiger charge is -2.28. The third-order valence-corrected chi connectivity index (χ3v) is 6.21. The molecule has 1 amide bonds. The number of carbonyl (C=O) groups is 1. The lowest BCUT2D eigenvalue weighted by atomic mass is 10.1. The average Bonchev–Trinajstić information content (AvgIpc) is 3.05. The van der Waals surface area contributed by atoms with Crippen LogP contribution in [0.5, 0.6) is 0 Å². The van der Waals surface area contributed by atoms with E-state index >= 15 is 0 Å². The summed E-state index contributed by atoms with van der Waals surface area (Å²) in [4.78, 5) is 24.9. The van der Waals surface area contributed by atoms with E-state index < -0.39 is 0 Å². The van der Waals surface area contributed by atoms with Crippen molar-refractivity contribution in [2.75, 3.05) is 30.3 Å². The fourth-order valence-corrected chi connectivity index (χ4v) is 4.58. The van der Waals surface area contributed by atoms with Gasteiger partial charge in [0.2, 0.25) is 0 Å². The van der Waals surface area contributed by atoms with Crippen LogP contribution in [0.3, 0.4) is 0 Å². The van der Waals surface area contributed by atoms with Crippen molar-refractivity contribution >= 4 is 39.0 Å². The predicted molar refractivity (Wildman–Crippen MR) is 115 cm³/mol. The Morgan fingerprint density at radius 2 is 1.96 bits per heavy atom. The van der Waals surface area contributed by atoms with Gasteiger partial charge in [-0.25, -0.2) is 9.97 Å². The Bertz CT molecular complexity index is 976. The van der Waals surface area contributed by atoms with Crippen LogP contribution in [0.15, 0.2) is 30.5 Å². The molecular weight excluding hydrogens is 370 g/mol. The summed E-state index contributed by atoms with van der Waals surface area (Å²) >= 11 is 1.29. The van der Waals surface area contributed by atoms with Crippen molar-refractivity contribution in [2.45, 2.75) is 32.6 Å². The third kappa shape index (κ3) is 3.94. The molecule has 1 aliphatic rings. The number of piperidine rings is 1. The molecule has 0 spiro atoms. The summed E-state index contributed by atoms with van der Waals surface area (Å²) in [6.45, 7) is 4.73. The lowest BCUT2D eigenvalue weighted by molar-refractivity contribution is 0.0959. The van der Waals surface area contributed by atoms with Gasteiger partial charge < -0.3 is 16.0 Å². The van der Waals surface area contributed by atoms with Crippen molar-refractivity contribution in [1.29, 1.82) is 0 Å². The van der Waals surface area contributed by atoms with Gasteiger partial charge in [-0.15, -0.1) is 11.3 Å². The van der Waals surface area contributed by atoms with Gasteiger partial charge in [0.15, 0.2) is 0 Å². The number of anilines is 2. The molecular formula is C21H25N5OS. The van der Waals surface area contributed by atoms with E-state index in [1.165, 1.54) is 41.9 Å². The van der Waals surface area contributed by atoms with Gasteiger partial charge in [0.05, 0.1) is 11.4 Å². The molecule has 1 aromatic carbocycles. The highest BCUT2D eigenvalue weighted by molar-refractivity contribution is 7.21.